The van der Waals surface area contributed by atoms with Crippen LogP contribution in [0.1, 0.15) is 12.6 Å². The van der Waals surface area contributed by atoms with E-state index in [0.717, 1.165) is 42.6 Å². The molecule has 0 atom stereocenters. The quantitative estimate of drug-likeness (QED) is 0.919. The molecule has 3 nitrogen and oxygen atoms in total. The van der Waals surface area contributed by atoms with Gasteiger partial charge in [-0.3, -0.25) is 0 Å². The van der Waals surface area contributed by atoms with Gasteiger partial charge in [0.2, 0.25) is 0 Å². The van der Waals surface area contributed by atoms with Gasteiger partial charge < -0.3 is 10.1 Å². The summed E-state index contributed by atoms with van der Waals surface area (Å²) in [6.45, 7) is 5.58. The summed E-state index contributed by atoms with van der Waals surface area (Å²) in [6, 6.07) is 6.45. The van der Waals surface area contributed by atoms with Gasteiger partial charge in [-0.1, -0.05) is 6.92 Å². The van der Waals surface area contributed by atoms with Gasteiger partial charge in [0.15, 0.2) is 0 Å². The van der Waals surface area contributed by atoms with Crippen LogP contribution in [0, 0.1) is 11.2 Å². The molecule has 5 heteroatoms. The molecule has 0 spiro atoms. The second-order valence-electron chi connectivity index (χ2n) is 5.56. The number of hydrogen-bond donors (Lipinski definition) is 1. The van der Waals surface area contributed by atoms with E-state index >= 15 is 0 Å². The van der Waals surface area contributed by atoms with Gasteiger partial charge in [0, 0.05) is 29.4 Å². The largest absolute Gasteiger partial charge is 0.380 e. The fraction of sp³-hybridized carbons (Fsp3) is 0.400. The van der Waals surface area contributed by atoms with E-state index in [1.54, 1.807) is 23.5 Å². The SMILES string of the molecule is CC1(CNCc2csc(-c3ccc(F)cc3)n2)COC1. The third-order valence-corrected chi connectivity index (χ3v) is 4.34. The van der Waals surface area contributed by atoms with Crippen molar-refractivity contribution in [2.45, 2.75) is 13.5 Å². The number of nitrogens with zero attached hydrogens (tertiary/aromatic N) is 1. The molecule has 0 aliphatic carbocycles. The van der Waals surface area contributed by atoms with E-state index in [1.807, 2.05) is 5.38 Å². The van der Waals surface area contributed by atoms with E-state index in [1.165, 1.54) is 12.1 Å². The van der Waals surface area contributed by atoms with Crippen molar-refractivity contribution in [2.75, 3.05) is 19.8 Å². The van der Waals surface area contributed by atoms with Gasteiger partial charge in [-0.15, -0.1) is 11.3 Å². The smallest absolute Gasteiger partial charge is 0.123 e. The Kier molecular flexibility index (Phi) is 3.83. The summed E-state index contributed by atoms with van der Waals surface area (Å²) in [4.78, 5) is 4.58. The van der Waals surface area contributed by atoms with Crippen molar-refractivity contribution in [1.82, 2.24) is 10.3 Å². The molecule has 20 heavy (non-hydrogen) atoms. The average Bonchev–Trinajstić information content (AvgIpc) is 2.86. The van der Waals surface area contributed by atoms with Crippen LogP contribution >= 0.6 is 11.3 Å². The minimum atomic E-state index is -0.219. The molecule has 1 aliphatic heterocycles. The second-order valence-corrected chi connectivity index (χ2v) is 6.42. The lowest BCUT2D eigenvalue weighted by Gasteiger charge is -2.38. The molecule has 0 radical (unpaired) electrons. The van der Waals surface area contributed by atoms with E-state index in [-0.39, 0.29) is 11.2 Å². The van der Waals surface area contributed by atoms with Crippen molar-refractivity contribution in [3.8, 4) is 10.6 Å². The maximum absolute atomic E-state index is 12.9. The van der Waals surface area contributed by atoms with Crippen molar-refractivity contribution in [3.63, 3.8) is 0 Å². The molecule has 1 aliphatic rings. The Labute approximate surface area is 121 Å². The molecular formula is C15H17FN2OS. The second kappa shape index (κ2) is 5.60. The first-order chi connectivity index (χ1) is 9.65. The maximum atomic E-state index is 12.9. The number of ether oxygens (including phenoxy) is 1. The first-order valence-electron chi connectivity index (χ1n) is 6.63. The van der Waals surface area contributed by atoms with Crippen molar-refractivity contribution in [1.29, 1.82) is 0 Å². The first-order valence-corrected chi connectivity index (χ1v) is 7.51. The van der Waals surface area contributed by atoms with E-state index in [2.05, 4.69) is 17.2 Å². The summed E-state index contributed by atoms with van der Waals surface area (Å²) >= 11 is 1.59. The van der Waals surface area contributed by atoms with E-state index in [0.29, 0.717) is 0 Å². The van der Waals surface area contributed by atoms with Crippen LogP contribution in [0.25, 0.3) is 10.6 Å². The highest BCUT2D eigenvalue weighted by Gasteiger charge is 2.32. The summed E-state index contributed by atoms with van der Waals surface area (Å²) in [7, 11) is 0. The summed E-state index contributed by atoms with van der Waals surface area (Å²) in [6.07, 6.45) is 0. The predicted molar refractivity (Wildman–Crippen MR) is 78.1 cm³/mol. The molecule has 0 saturated carbocycles. The molecule has 1 aromatic carbocycles. The number of benzene rings is 1. The Balaban J connectivity index is 1.57. The number of thiazole rings is 1. The van der Waals surface area contributed by atoms with Crippen LogP contribution in [0.4, 0.5) is 4.39 Å². The van der Waals surface area contributed by atoms with Crippen LogP contribution in [-0.4, -0.2) is 24.7 Å². The highest BCUT2D eigenvalue weighted by Crippen LogP contribution is 2.26. The summed E-state index contributed by atoms with van der Waals surface area (Å²) in [5.41, 5.74) is 2.26. The first kappa shape index (κ1) is 13.7. The Morgan fingerprint density at radius 3 is 2.75 bits per heavy atom. The van der Waals surface area contributed by atoms with Crippen molar-refractivity contribution in [2.24, 2.45) is 5.41 Å². The summed E-state index contributed by atoms with van der Waals surface area (Å²) in [5, 5.41) is 6.40. The average molecular weight is 292 g/mol. The molecule has 2 aromatic rings. The lowest BCUT2D eigenvalue weighted by Crippen LogP contribution is -2.47. The standard InChI is InChI=1S/C15H17FN2OS/c1-15(9-19-10-15)8-17-6-13-7-20-14(18-13)11-2-4-12(16)5-3-11/h2-5,7,17H,6,8-10H2,1H3. The fourth-order valence-corrected chi connectivity index (χ4v) is 2.98. The molecule has 2 heterocycles. The highest BCUT2D eigenvalue weighted by molar-refractivity contribution is 7.13. The lowest BCUT2D eigenvalue weighted by atomic mass is 9.89. The van der Waals surface area contributed by atoms with Crippen LogP contribution in [0.15, 0.2) is 29.6 Å². The topological polar surface area (TPSA) is 34.2 Å². The third-order valence-electron chi connectivity index (χ3n) is 3.40. The Bertz CT molecular complexity index is 578. The van der Waals surface area contributed by atoms with Gasteiger partial charge in [0.05, 0.1) is 18.9 Å². The number of aromatic nitrogens is 1. The van der Waals surface area contributed by atoms with Gasteiger partial charge in [-0.2, -0.15) is 0 Å². The van der Waals surface area contributed by atoms with Crippen molar-refractivity contribution in [3.05, 3.63) is 41.2 Å². The van der Waals surface area contributed by atoms with Gasteiger partial charge >= 0.3 is 0 Å². The molecule has 0 amide bonds. The molecule has 1 aromatic heterocycles. The van der Waals surface area contributed by atoms with Crippen LogP contribution in [0.2, 0.25) is 0 Å². The molecule has 0 unspecified atom stereocenters. The molecule has 3 rings (SSSR count). The lowest BCUT2D eigenvalue weighted by molar-refractivity contribution is -0.0991. The van der Waals surface area contributed by atoms with Crippen molar-refractivity contribution < 1.29 is 9.13 Å². The van der Waals surface area contributed by atoms with Crippen LogP contribution < -0.4 is 5.32 Å². The van der Waals surface area contributed by atoms with Crippen LogP contribution in [-0.2, 0) is 11.3 Å². The van der Waals surface area contributed by atoms with Gasteiger partial charge in [0.25, 0.3) is 0 Å². The molecule has 1 N–H and O–H groups in total. The predicted octanol–water partition coefficient (Wildman–Crippen LogP) is 3.08. The molecule has 1 fully saturated rings. The van der Waals surface area contributed by atoms with Crippen molar-refractivity contribution >= 4 is 11.3 Å². The minimum absolute atomic E-state index is 0.219. The Morgan fingerprint density at radius 2 is 2.10 bits per heavy atom. The molecule has 0 bridgehead atoms. The van der Waals surface area contributed by atoms with E-state index in [4.69, 9.17) is 4.74 Å². The van der Waals surface area contributed by atoms with Crippen LogP contribution in [0.5, 0.6) is 0 Å². The van der Waals surface area contributed by atoms with E-state index in [9.17, 15) is 4.39 Å². The zero-order chi connectivity index (χ0) is 14.0. The number of nitrogens with one attached hydrogen (secondary N) is 1. The minimum Gasteiger partial charge on any atom is -0.380 e. The van der Waals surface area contributed by atoms with E-state index < -0.39 is 0 Å². The van der Waals surface area contributed by atoms with Gasteiger partial charge in [-0.25, -0.2) is 9.37 Å². The zero-order valence-corrected chi connectivity index (χ0v) is 12.2. The number of halogens is 1. The molecule has 1 saturated heterocycles. The summed E-state index contributed by atoms with van der Waals surface area (Å²) in [5.74, 6) is -0.219. The number of hydrogen-bond acceptors (Lipinski definition) is 4. The van der Waals surface area contributed by atoms with Crippen LogP contribution in [0.3, 0.4) is 0 Å². The number of rotatable bonds is 5. The summed E-state index contributed by atoms with van der Waals surface area (Å²) < 4.78 is 18.1. The third kappa shape index (κ3) is 3.06. The molecule has 106 valence electrons. The molecular weight excluding hydrogens is 275 g/mol. The Hall–Kier alpha value is -1.30. The van der Waals surface area contributed by atoms with Gasteiger partial charge in [-0.05, 0) is 24.3 Å². The monoisotopic (exact) mass is 292 g/mol. The fourth-order valence-electron chi connectivity index (χ4n) is 2.16. The maximum Gasteiger partial charge on any atom is 0.123 e. The highest BCUT2D eigenvalue weighted by atomic mass is 32.1. The normalized spacial score (nSPS) is 16.9. The zero-order valence-electron chi connectivity index (χ0n) is 11.4. The Morgan fingerprint density at radius 1 is 1.35 bits per heavy atom. The van der Waals surface area contributed by atoms with Gasteiger partial charge in [0.1, 0.15) is 10.8 Å².